The van der Waals surface area contributed by atoms with Gasteiger partial charge < -0.3 is 0 Å². The van der Waals surface area contributed by atoms with Crippen molar-refractivity contribution in [2.75, 3.05) is 13.1 Å². The smallest absolute Gasteiger partial charge is 0.240 e. The van der Waals surface area contributed by atoms with E-state index in [1.807, 2.05) is 4.90 Å². The number of rotatable bonds is 5. The van der Waals surface area contributed by atoms with E-state index in [4.69, 9.17) is 0 Å². The van der Waals surface area contributed by atoms with Crippen LogP contribution < -0.4 is 4.72 Å². The summed E-state index contributed by atoms with van der Waals surface area (Å²) >= 11 is 0. The number of hydrogen-bond acceptors (Lipinski definition) is 3. The molecule has 0 aromatic heterocycles. The Bertz CT molecular complexity index is 831. The van der Waals surface area contributed by atoms with Crippen molar-refractivity contribution in [2.45, 2.75) is 36.7 Å². The lowest BCUT2D eigenvalue weighted by Crippen LogP contribution is -2.45. The van der Waals surface area contributed by atoms with Crippen LogP contribution in [0.3, 0.4) is 0 Å². The first-order valence-electron chi connectivity index (χ1n) is 8.64. The summed E-state index contributed by atoms with van der Waals surface area (Å²) in [5.74, 6) is -1.10. The Kier molecular flexibility index (Phi) is 5.70. The second-order valence-electron chi connectivity index (χ2n) is 6.56. The van der Waals surface area contributed by atoms with E-state index in [0.717, 1.165) is 0 Å². The van der Waals surface area contributed by atoms with E-state index in [2.05, 4.69) is 4.72 Å². The molecular weight excluding hydrogens is 358 g/mol. The number of hydrogen-bond donors (Lipinski definition) is 1. The summed E-state index contributed by atoms with van der Waals surface area (Å²) in [6, 6.07) is 11.5. The third-order valence-corrected chi connectivity index (χ3v) is 6.41. The van der Waals surface area contributed by atoms with Crippen molar-refractivity contribution in [1.29, 1.82) is 0 Å². The first kappa shape index (κ1) is 18.9. The summed E-state index contributed by atoms with van der Waals surface area (Å²) in [4.78, 5) is 2.22. The molecule has 7 heteroatoms. The van der Waals surface area contributed by atoms with Crippen molar-refractivity contribution in [3.8, 4) is 0 Å². The summed E-state index contributed by atoms with van der Waals surface area (Å²) in [5.41, 5.74) is 0.0656. The van der Waals surface area contributed by atoms with Crippen LogP contribution in [-0.4, -0.2) is 32.4 Å². The van der Waals surface area contributed by atoms with Crippen molar-refractivity contribution >= 4 is 10.0 Å². The average Bonchev–Trinajstić information content (AvgIpc) is 2.62. The molecule has 1 heterocycles. The van der Waals surface area contributed by atoms with Crippen LogP contribution in [0.25, 0.3) is 0 Å². The summed E-state index contributed by atoms with van der Waals surface area (Å²) in [7, 11) is -3.55. The normalized spacial score (nSPS) is 18.0. The highest BCUT2D eigenvalue weighted by Crippen LogP contribution is 2.28. The van der Waals surface area contributed by atoms with Gasteiger partial charge >= 0.3 is 0 Å². The number of nitrogens with one attached hydrogen (secondary N) is 1. The van der Waals surface area contributed by atoms with Gasteiger partial charge in [0, 0.05) is 30.7 Å². The molecular formula is C19H22F2N2O2S. The van der Waals surface area contributed by atoms with Crippen LogP contribution in [0.4, 0.5) is 8.78 Å². The molecule has 3 rings (SSSR count). The SMILES string of the molecule is CC(c1c(F)cccc1F)N1CCC(NS(=O)(=O)c2ccccc2)CC1. The zero-order chi connectivity index (χ0) is 18.7. The molecule has 26 heavy (non-hydrogen) atoms. The summed E-state index contributed by atoms with van der Waals surface area (Å²) in [6.45, 7) is 2.91. The fourth-order valence-electron chi connectivity index (χ4n) is 3.38. The number of likely N-dealkylation sites (tertiary alicyclic amines) is 1. The number of benzene rings is 2. The molecule has 0 spiro atoms. The molecule has 1 N–H and O–H groups in total. The Balaban J connectivity index is 1.63. The minimum Gasteiger partial charge on any atom is -0.296 e. The Hall–Kier alpha value is -1.83. The van der Waals surface area contributed by atoms with Gasteiger partial charge in [0.05, 0.1) is 4.90 Å². The monoisotopic (exact) mass is 380 g/mol. The zero-order valence-electron chi connectivity index (χ0n) is 14.5. The predicted molar refractivity (Wildman–Crippen MR) is 96.1 cm³/mol. The molecule has 1 saturated heterocycles. The molecule has 0 saturated carbocycles. The van der Waals surface area contributed by atoms with Crippen LogP contribution in [-0.2, 0) is 10.0 Å². The van der Waals surface area contributed by atoms with Gasteiger partial charge in [-0.05, 0) is 44.0 Å². The third kappa shape index (κ3) is 4.11. The zero-order valence-corrected chi connectivity index (χ0v) is 15.3. The molecule has 0 radical (unpaired) electrons. The molecule has 0 bridgehead atoms. The maximum absolute atomic E-state index is 14.0. The van der Waals surface area contributed by atoms with E-state index in [0.29, 0.717) is 25.9 Å². The second-order valence-corrected chi connectivity index (χ2v) is 8.27. The lowest BCUT2D eigenvalue weighted by Gasteiger charge is -2.36. The van der Waals surface area contributed by atoms with Crippen LogP contribution in [0.5, 0.6) is 0 Å². The highest BCUT2D eigenvalue weighted by atomic mass is 32.2. The fourth-order valence-corrected chi connectivity index (χ4v) is 4.71. The van der Waals surface area contributed by atoms with E-state index in [1.165, 1.54) is 18.2 Å². The summed E-state index contributed by atoms with van der Waals surface area (Å²) in [6.07, 6.45) is 1.18. The van der Waals surface area contributed by atoms with Gasteiger partial charge in [-0.25, -0.2) is 21.9 Å². The summed E-state index contributed by atoms with van der Waals surface area (Å²) in [5, 5.41) is 0. The molecule has 2 aromatic carbocycles. The second kappa shape index (κ2) is 7.82. The van der Waals surface area contributed by atoms with Gasteiger partial charge in [0.25, 0.3) is 0 Å². The number of nitrogens with zero attached hydrogens (tertiary/aromatic N) is 1. The Morgan fingerprint density at radius 3 is 2.15 bits per heavy atom. The highest BCUT2D eigenvalue weighted by molar-refractivity contribution is 7.89. The standard InChI is InChI=1S/C19H22F2N2O2S/c1-14(19-17(20)8-5-9-18(19)21)23-12-10-15(11-13-23)22-26(24,25)16-6-3-2-4-7-16/h2-9,14-15,22H,10-13H2,1H3. The third-order valence-electron chi connectivity index (χ3n) is 4.87. The first-order valence-corrected chi connectivity index (χ1v) is 10.1. The van der Waals surface area contributed by atoms with Crippen molar-refractivity contribution in [3.05, 3.63) is 65.7 Å². The van der Waals surface area contributed by atoms with Crippen LogP contribution in [0.15, 0.2) is 53.4 Å². The maximum Gasteiger partial charge on any atom is 0.240 e. The van der Waals surface area contributed by atoms with Crippen molar-refractivity contribution in [3.63, 3.8) is 0 Å². The van der Waals surface area contributed by atoms with Crippen LogP contribution in [0.1, 0.15) is 31.4 Å². The van der Waals surface area contributed by atoms with Gasteiger partial charge in [-0.15, -0.1) is 0 Å². The summed E-state index contributed by atoms with van der Waals surface area (Å²) < 4.78 is 55.5. The quantitative estimate of drug-likeness (QED) is 0.864. The van der Waals surface area contributed by atoms with Crippen LogP contribution >= 0.6 is 0 Å². The molecule has 1 aliphatic rings. The van der Waals surface area contributed by atoms with Gasteiger partial charge in [0.15, 0.2) is 0 Å². The van der Waals surface area contributed by atoms with Gasteiger partial charge in [-0.1, -0.05) is 24.3 Å². The lowest BCUT2D eigenvalue weighted by atomic mass is 10.00. The first-order chi connectivity index (χ1) is 12.4. The van der Waals surface area contributed by atoms with Crippen LogP contribution in [0.2, 0.25) is 0 Å². The molecule has 2 aromatic rings. The van der Waals surface area contributed by atoms with E-state index in [9.17, 15) is 17.2 Å². The Morgan fingerprint density at radius 2 is 1.58 bits per heavy atom. The fraction of sp³-hybridized carbons (Fsp3) is 0.368. The highest BCUT2D eigenvalue weighted by Gasteiger charge is 2.29. The molecule has 0 aliphatic carbocycles. The topological polar surface area (TPSA) is 49.4 Å². The molecule has 1 atom stereocenters. The van der Waals surface area contributed by atoms with Crippen molar-refractivity contribution in [2.24, 2.45) is 0 Å². The van der Waals surface area contributed by atoms with Gasteiger partial charge in [0.2, 0.25) is 10.0 Å². The Labute approximate surface area is 152 Å². The van der Waals surface area contributed by atoms with Crippen LogP contribution in [0, 0.1) is 11.6 Å². The number of halogens is 2. The predicted octanol–water partition coefficient (Wildman–Crippen LogP) is 3.47. The van der Waals surface area contributed by atoms with Gasteiger partial charge in [-0.3, -0.25) is 4.90 Å². The molecule has 140 valence electrons. The molecule has 1 unspecified atom stereocenters. The molecule has 4 nitrogen and oxygen atoms in total. The van der Waals surface area contributed by atoms with E-state index in [-0.39, 0.29) is 16.5 Å². The average molecular weight is 380 g/mol. The lowest BCUT2D eigenvalue weighted by molar-refractivity contribution is 0.154. The van der Waals surface area contributed by atoms with E-state index < -0.39 is 27.7 Å². The van der Waals surface area contributed by atoms with Crippen molar-refractivity contribution in [1.82, 2.24) is 9.62 Å². The minimum absolute atomic E-state index is 0.0656. The molecule has 0 amide bonds. The largest absolute Gasteiger partial charge is 0.296 e. The van der Waals surface area contributed by atoms with E-state index >= 15 is 0 Å². The van der Waals surface area contributed by atoms with E-state index in [1.54, 1.807) is 37.3 Å². The minimum atomic E-state index is -3.55. The maximum atomic E-state index is 14.0. The number of sulfonamides is 1. The number of piperidine rings is 1. The van der Waals surface area contributed by atoms with Gasteiger partial charge in [0.1, 0.15) is 11.6 Å². The van der Waals surface area contributed by atoms with Gasteiger partial charge in [-0.2, -0.15) is 0 Å². The molecule has 1 fully saturated rings. The van der Waals surface area contributed by atoms with Crippen molar-refractivity contribution < 1.29 is 17.2 Å². The molecule has 1 aliphatic heterocycles. The Morgan fingerprint density at radius 1 is 1.00 bits per heavy atom.